The van der Waals surface area contributed by atoms with Gasteiger partial charge in [0, 0.05) is 18.3 Å². The van der Waals surface area contributed by atoms with Gasteiger partial charge in [0.25, 0.3) is 5.91 Å². The maximum Gasteiger partial charge on any atom is 0.251 e. The van der Waals surface area contributed by atoms with Crippen LogP contribution in [0.1, 0.15) is 28.9 Å². The van der Waals surface area contributed by atoms with Crippen LogP contribution in [0, 0.1) is 0 Å². The molecule has 0 saturated heterocycles. The molecule has 0 unspecified atom stereocenters. The number of hydrogen-bond acceptors (Lipinski definition) is 7. The Balaban J connectivity index is 1.29. The molecule has 168 valence electrons. The lowest BCUT2D eigenvalue weighted by Crippen LogP contribution is -2.26. The van der Waals surface area contributed by atoms with Crippen LogP contribution in [0.2, 0.25) is 0 Å². The summed E-state index contributed by atoms with van der Waals surface area (Å²) in [6, 6.07) is 14.3. The van der Waals surface area contributed by atoms with Crippen molar-refractivity contribution in [3.8, 4) is 5.69 Å². The van der Waals surface area contributed by atoms with Gasteiger partial charge in [0.05, 0.1) is 17.5 Å². The lowest BCUT2D eigenvalue weighted by atomic mass is 10.1. The maximum absolute atomic E-state index is 12.6. The van der Waals surface area contributed by atoms with Crippen molar-refractivity contribution in [3.63, 3.8) is 0 Å². The first-order valence-corrected chi connectivity index (χ1v) is 11.1. The summed E-state index contributed by atoms with van der Waals surface area (Å²) in [5.41, 5.74) is 2.98. The Kier molecular flexibility index (Phi) is 6.79. The van der Waals surface area contributed by atoms with E-state index in [0.717, 1.165) is 11.3 Å². The summed E-state index contributed by atoms with van der Waals surface area (Å²) in [5.74, 6) is -0.149. The molecule has 0 aliphatic rings. The highest BCUT2D eigenvalue weighted by Gasteiger charge is 2.13. The Bertz CT molecular complexity index is 1220. The van der Waals surface area contributed by atoms with Gasteiger partial charge in [-0.1, -0.05) is 23.9 Å². The maximum atomic E-state index is 12.6. The van der Waals surface area contributed by atoms with E-state index < -0.39 is 0 Å². The number of benzene rings is 2. The predicted octanol–water partition coefficient (Wildman–Crippen LogP) is 2.62. The Morgan fingerprint density at radius 1 is 1.06 bits per heavy atom. The molecule has 10 nitrogen and oxygen atoms in total. The summed E-state index contributed by atoms with van der Waals surface area (Å²) in [5, 5.41) is 18.3. The average Bonchev–Trinajstić information content (AvgIpc) is 3.50. The highest BCUT2D eigenvalue weighted by Crippen LogP contribution is 2.18. The molecule has 2 aromatic carbocycles. The summed E-state index contributed by atoms with van der Waals surface area (Å²) in [4.78, 5) is 28.7. The number of amides is 2. The smallest absolute Gasteiger partial charge is 0.251 e. The van der Waals surface area contributed by atoms with Gasteiger partial charge in [-0.05, 0) is 48.9 Å². The van der Waals surface area contributed by atoms with Gasteiger partial charge in [-0.3, -0.25) is 9.59 Å². The van der Waals surface area contributed by atoms with Crippen molar-refractivity contribution >= 4 is 29.3 Å². The third-order valence-electron chi connectivity index (χ3n) is 4.86. The molecule has 4 rings (SSSR count). The second-order valence-electron chi connectivity index (χ2n) is 7.27. The van der Waals surface area contributed by atoms with Crippen LogP contribution >= 0.6 is 11.8 Å². The number of carbonyl (C=O) groups is 2. The summed E-state index contributed by atoms with van der Waals surface area (Å²) in [7, 11) is 1.82. The van der Waals surface area contributed by atoms with Gasteiger partial charge in [-0.25, -0.2) is 9.67 Å². The van der Waals surface area contributed by atoms with Crippen LogP contribution in [0.3, 0.4) is 0 Å². The summed E-state index contributed by atoms with van der Waals surface area (Å²) < 4.78 is 3.42. The van der Waals surface area contributed by atoms with E-state index >= 15 is 0 Å². The Morgan fingerprint density at radius 2 is 1.82 bits per heavy atom. The largest absolute Gasteiger partial charge is 0.346 e. The molecule has 0 aliphatic carbocycles. The van der Waals surface area contributed by atoms with E-state index in [2.05, 4.69) is 30.9 Å². The average molecular weight is 463 g/mol. The molecule has 0 aliphatic heterocycles. The van der Waals surface area contributed by atoms with E-state index in [9.17, 15) is 9.59 Å². The zero-order chi connectivity index (χ0) is 23.2. The first-order chi connectivity index (χ1) is 16.0. The number of anilines is 1. The molecule has 0 radical (unpaired) electrons. The van der Waals surface area contributed by atoms with E-state index in [0.29, 0.717) is 16.4 Å². The third-order valence-corrected chi connectivity index (χ3v) is 5.89. The predicted molar refractivity (Wildman–Crippen MR) is 124 cm³/mol. The van der Waals surface area contributed by atoms with Crippen molar-refractivity contribution in [3.05, 3.63) is 78.6 Å². The number of nitrogens with zero attached hydrogens (tertiary/aromatic N) is 6. The molecule has 2 aromatic heterocycles. The normalized spacial score (nSPS) is 11.7. The molecule has 0 fully saturated rings. The number of aryl methyl sites for hydroxylation is 1. The van der Waals surface area contributed by atoms with Gasteiger partial charge in [0.2, 0.25) is 5.91 Å². The number of nitrogens with one attached hydrogen (secondary N) is 2. The standard InChI is InChI=1S/C22H22N8O2S/c1-15(16-5-9-19(10-6-16)30-13-23-12-25-30)26-21(32)17-3-7-18(8-4-17)27-20(31)11-33-22-28-24-14-29(22)2/h3-10,12-15H,11H2,1-2H3,(H,26,32)(H,27,31)/t15-/m1/s1. The van der Waals surface area contributed by atoms with Gasteiger partial charge in [-0.2, -0.15) is 5.10 Å². The fourth-order valence-corrected chi connectivity index (χ4v) is 3.74. The summed E-state index contributed by atoms with van der Waals surface area (Å²) in [6.07, 6.45) is 4.69. The van der Waals surface area contributed by atoms with Crippen LogP contribution in [-0.2, 0) is 11.8 Å². The van der Waals surface area contributed by atoms with Crippen molar-refractivity contribution in [2.45, 2.75) is 18.1 Å². The number of rotatable bonds is 8. The first kappa shape index (κ1) is 22.2. The molecular weight excluding hydrogens is 440 g/mol. The molecule has 33 heavy (non-hydrogen) atoms. The van der Waals surface area contributed by atoms with E-state index in [1.807, 2.05) is 38.2 Å². The van der Waals surface area contributed by atoms with Crippen LogP contribution in [0.25, 0.3) is 5.69 Å². The van der Waals surface area contributed by atoms with Crippen molar-refractivity contribution in [2.24, 2.45) is 7.05 Å². The number of carbonyl (C=O) groups excluding carboxylic acids is 2. The van der Waals surface area contributed by atoms with Crippen molar-refractivity contribution in [1.82, 2.24) is 34.8 Å². The molecule has 4 aromatic rings. The fraction of sp³-hybridized carbons (Fsp3) is 0.182. The van der Waals surface area contributed by atoms with Crippen LogP contribution in [-0.4, -0.2) is 47.1 Å². The Morgan fingerprint density at radius 3 is 2.45 bits per heavy atom. The van der Waals surface area contributed by atoms with E-state index in [1.165, 1.54) is 18.1 Å². The zero-order valence-corrected chi connectivity index (χ0v) is 18.9. The van der Waals surface area contributed by atoms with E-state index in [-0.39, 0.29) is 23.6 Å². The molecule has 2 heterocycles. The lowest BCUT2D eigenvalue weighted by Gasteiger charge is -2.15. The van der Waals surface area contributed by atoms with Crippen molar-refractivity contribution in [2.75, 3.05) is 11.1 Å². The molecule has 0 spiro atoms. The van der Waals surface area contributed by atoms with Gasteiger partial charge in [0.15, 0.2) is 5.16 Å². The van der Waals surface area contributed by atoms with Crippen LogP contribution in [0.15, 0.2) is 72.7 Å². The lowest BCUT2D eigenvalue weighted by molar-refractivity contribution is -0.113. The van der Waals surface area contributed by atoms with Gasteiger partial charge >= 0.3 is 0 Å². The van der Waals surface area contributed by atoms with Crippen LogP contribution in [0.5, 0.6) is 0 Å². The van der Waals surface area contributed by atoms with Crippen molar-refractivity contribution in [1.29, 1.82) is 0 Å². The van der Waals surface area contributed by atoms with Gasteiger partial charge in [0.1, 0.15) is 19.0 Å². The number of aromatic nitrogens is 6. The van der Waals surface area contributed by atoms with Gasteiger partial charge < -0.3 is 15.2 Å². The number of thioether (sulfide) groups is 1. The Hall–Kier alpha value is -3.99. The van der Waals surface area contributed by atoms with Crippen LogP contribution in [0.4, 0.5) is 5.69 Å². The summed E-state index contributed by atoms with van der Waals surface area (Å²) in [6.45, 7) is 1.92. The summed E-state index contributed by atoms with van der Waals surface area (Å²) >= 11 is 1.30. The third kappa shape index (κ3) is 5.63. The topological polar surface area (TPSA) is 120 Å². The first-order valence-electron chi connectivity index (χ1n) is 10.1. The van der Waals surface area contributed by atoms with Crippen molar-refractivity contribution < 1.29 is 9.59 Å². The molecule has 0 saturated carbocycles. The van der Waals surface area contributed by atoms with E-state index in [4.69, 9.17) is 0 Å². The minimum atomic E-state index is -0.196. The molecule has 11 heteroatoms. The van der Waals surface area contributed by atoms with Gasteiger partial charge in [-0.15, -0.1) is 10.2 Å². The minimum absolute atomic E-state index is 0.164. The zero-order valence-electron chi connectivity index (χ0n) is 18.0. The Labute approximate surface area is 194 Å². The SMILES string of the molecule is C[C@@H](NC(=O)c1ccc(NC(=O)CSc2nncn2C)cc1)c1ccc(-n2cncn2)cc1. The highest BCUT2D eigenvalue weighted by atomic mass is 32.2. The second kappa shape index (κ2) is 10.1. The molecular formula is C22H22N8O2S. The quantitative estimate of drug-likeness (QED) is 0.386. The fourth-order valence-electron chi connectivity index (χ4n) is 3.06. The second-order valence-corrected chi connectivity index (χ2v) is 8.21. The number of hydrogen-bond donors (Lipinski definition) is 2. The molecule has 0 bridgehead atoms. The molecule has 2 N–H and O–H groups in total. The highest BCUT2D eigenvalue weighted by molar-refractivity contribution is 7.99. The minimum Gasteiger partial charge on any atom is -0.346 e. The van der Waals surface area contributed by atoms with Crippen LogP contribution < -0.4 is 10.6 Å². The molecule has 2 amide bonds. The monoisotopic (exact) mass is 462 g/mol. The van der Waals surface area contributed by atoms with E-state index in [1.54, 1.807) is 46.2 Å². The molecule has 1 atom stereocenters.